The first-order valence-corrected chi connectivity index (χ1v) is 9.69. The molecule has 4 rings (SSSR count). The van der Waals surface area contributed by atoms with Crippen LogP contribution in [0.15, 0.2) is 71.8 Å². The number of hydrogen-bond acceptors (Lipinski definition) is 4. The molecule has 0 aromatic heterocycles. The van der Waals surface area contributed by atoms with Gasteiger partial charge in [0.1, 0.15) is 18.1 Å². The largest absolute Gasteiger partial charge is 0.489 e. The number of ether oxygens (including phenoxy) is 1. The van der Waals surface area contributed by atoms with E-state index >= 15 is 0 Å². The van der Waals surface area contributed by atoms with E-state index in [4.69, 9.17) is 4.74 Å². The topological polar surface area (TPSA) is 62.1 Å². The van der Waals surface area contributed by atoms with Crippen molar-refractivity contribution in [1.29, 1.82) is 0 Å². The Balaban J connectivity index is 1.53. The van der Waals surface area contributed by atoms with Crippen molar-refractivity contribution in [3.63, 3.8) is 0 Å². The summed E-state index contributed by atoms with van der Waals surface area (Å²) >= 11 is 0. The van der Waals surface area contributed by atoms with Gasteiger partial charge in [-0.1, -0.05) is 42.5 Å². The van der Waals surface area contributed by atoms with Crippen LogP contribution < -0.4 is 4.74 Å². The second kappa shape index (κ2) is 8.58. The Hall–Kier alpha value is -3.46. The second-order valence-corrected chi connectivity index (χ2v) is 7.36. The molecule has 0 saturated carbocycles. The first-order chi connectivity index (χ1) is 15.3. The maximum absolute atomic E-state index is 13.4. The standard InChI is InChI=1S/C23H18F4N2O3/c24-20(25)19-12-23(31,22(26)27)29(28-19)21(30)17-7-3-4-14(10-17)13-32-18-9-8-15-5-1-2-6-16(15)11-18/h1-11,20,22,31H,12-13H2/t23-/m1/s1. The quantitative estimate of drug-likeness (QED) is 0.552. The highest BCUT2D eigenvalue weighted by Gasteiger charge is 2.53. The number of aliphatic hydroxyl groups is 1. The molecule has 1 heterocycles. The normalized spacial score (nSPS) is 18.5. The molecule has 1 N–H and O–H groups in total. The Kier molecular flexibility index (Phi) is 5.84. The van der Waals surface area contributed by atoms with Crippen molar-refractivity contribution in [3.8, 4) is 5.75 Å². The number of carbonyl (C=O) groups is 1. The van der Waals surface area contributed by atoms with Crippen molar-refractivity contribution >= 4 is 22.4 Å². The Bertz CT molecular complexity index is 1180. The maximum Gasteiger partial charge on any atom is 0.287 e. The van der Waals surface area contributed by atoms with Crippen molar-refractivity contribution in [2.75, 3.05) is 0 Å². The van der Waals surface area contributed by atoms with Gasteiger partial charge in [0.05, 0.1) is 0 Å². The molecule has 5 nitrogen and oxygen atoms in total. The van der Waals surface area contributed by atoms with E-state index in [1.807, 2.05) is 36.4 Å². The Morgan fingerprint density at radius 2 is 1.78 bits per heavy atom. The lowest BCUT2D eigenvalue weighted by atomic mass is 10.1. The van der Waals surface area contributed by atoms with Crippen LogP contribution in [0.25, 0.3) is 10.8 Å². The molecule has 0 saturated heterocycles. The SMILES string of the molecule is O=C(c1cccc(COc2ccc3ccccc3c2)c1)N1N=C(C(F)F)C[C@@]1(O)C(F)F. The number of amides is 1. The molecular weight excluding hydrogens is 428 g/mol. The van der Waals surface area contributed by atoms with Crippen LogP contribution in [0.4, 0.5) is 17.6 Å². The van der Waals surface area contributed by atoms with E-state index in [2.05, 4.69) is 5.10 Å². The minimum Gasteiger partial charge on any atom is -0.489 e. The smallest absolute Gasteiger partial charge is 0.287 e. The number of nitrogens with zero attached hydrogens (tertiary/aromatic N) is 2. The number of hydrogen-bond donors (Lipinski definition) is 1. The Morgan fingerprint density at radius 1 is 1.03 bits per heavy atom. The third-order valence-electron chi connectivity index (χ3n) is 5.13. The third kappa shape index (κ3) is 4.16. The van der Waals surface area contributed by atoms with E-state index < -0.39 is 36.6 Å². The summed E-state index contributed by atoms with van der Waals surface area (Å²) in [6.45, 7) is 0.0735. The molecule has 3 aromatic rings. The van der Waals surface area contributed by atoms with E-state index in [-0.39, 0.29) is 17.2 Å². The fraction of sp³-hybridized carbons (Fsp3) is 0.217. The predicted molar refractivity (Wildman–Crippen MR) is 110 cm³/mol. The summed E-state index contributed by atoms with van der Waals surface area (Å²) in [5.41, 5.74) is -3.65. The minimum absolute atomic E-state index is 0.0441. The predicted octanol–water partition coefficient (Wildman–Crippen LogP) is 4.84. The van der Waals surface area contributed by atoms with Crippen molar-refractivity contribution in [3.05, 3.63) is 77.9 Å². The van der Waals surface area contributed by atoms with Crippen LogP contribution >= 0.6 is 0 Å². The first kappa shape index (κ1) is 21.8. The molecule has 166 valence electrons. The number of benzene rings is 3. The number of halogens is 4. The number of rotatable bonds is 6. The minimum atomic E-state index is -3.48. The van der Waals surface area contributed by atoms with Gasteiger partial charge in [-0.3, -0.25) is 4.79 Å². The van der Waals surface area contributed by atoms with Gasteiger partial charge in [0.2, 0.25) is 5.72 Å². The van der Waals surface area contributed by atoms with Gasteiger partial charge >= 0.3 is 0 Å². The molecule has 1 atom stereocenters. The third-order valence-corrected chi connectivity index (χ3v) is 5.13. The molecular formula is C23H18F4N2O3. The van der Waals surface area contributed by atoms with Crippen LogP contribution in [0.5, 0.6) is 5.75 Å². The molecule has 9 heteroatoms. The number of carbonyl (C=O) groups excluding carboxylic acids is 1. The lowest BCUT2D eigenvalue weighted by Crippen LogP contribution is -2.51. The zero-order valence-corrected chi connectivity index (χ0v) is 16.6. The maximum atomic E-state index is 13.4. The van der Waals surface area contributed by atoms with Gasteiger partial charge in [-0.15, -0.1) is 0 Å². The summed E-state index contributed by atoms with van der Waals surface area (Å²) in [6, 6.07) is 19.2. The van der Waals surface area contributed by atoms with Gasteiger partial charge in [0, 0.05) is 12.0 Å². The van der Waals surface area contributed by atoms with Crippen molar-refractivity contribution in [2.45, 2.75) is 31.6 Å². The summed E-state index contributed by atoms with van der Waals surface area (Å²) in [5, 5.41) is 15.5. The molecule has 0 fully saturated rings. The number of hydrazone groups is 1. The van der Waals surface area contributed by atoms with Gasteiger partial charge in [-0.25, -0.2) is 17.6 Å². The second-order valence-electron chi connectivity index (χ2n) is 7.36. The average molecular weight is 446 g/mol. The summed E-state index contributed by atoms with van der Waals surface area (Å²) in [4.78, 5) is 12.7. The van der Waals surface area contributed by atoms with Crippen LogP contribution in [0.1, 0.15) is 22.3 Å². The molecule has 1 aliphatic heterocycles. The van der Waals surface area contributed by atoms with Crippen LogP contribution in [0.2, 0.25) is 0 Å². The summed E-state index contributed by atoms with van der Waals surface area (Å²) < 4.78 is 58.5. The van der Waals surface area contributed by atoms with E-state index in [0.29, 0.717) is 11.3 Å². The number of alkyl halides is 4. The summed E-state index contributed by atoms with van der Waals surface area (Å²) in [6.07, 6.45) is -7.77. The molecule has 32 heavy (non-hydrogen) atoms. The van der Waals surface area contributed by atoms with Gasteiger partial charge in [0.15, 0.2) is 0 Å². The monoisotopic (exact) mass is 446 g/mol. The van der Waals surface area contributed by atoms with Crippen molar-refractivity contribution in [2.24, 2.45) is 5.10 Å². The lowest BCUT2D eigenvalue weighted by molar-refractivity contribution is -0.164. The summed E-state index contributed by atoms with van der Waals surface area (Å²) in [7, 11) is 0. The fourth-order valence-electron chi connectivity index (χ4n) is 3.44. The van der Waals surface area contributed by atoms with Crippen LogP contribution in [0, 0.1) is 0 Å². The van der Waals surface area contributed by atoms with E-state index in [1.54, 1.807) is 12.1 Å². The molecule has 1 amide bonds. The lowest BCUT2D eigenvalue weighted by Gasteiger charge is -2.30. The molecule has 0 aliphatic carbocycles. The van der Waals surface area contributed by atoms with Crippen molar-refractivity contribution in [1.82, 2.24) is 5.01 Å². The highest BCUT2D eigenvalue weighted by molar-refractivity contribution is 5.99. The zero-order chi connectivity index (χ0) is 22.9. The van der Waals surface area contributed by atoms with E-state index in [9.17, 15) is 27.5 Å². The highest BCUT2D eigenvalue weighted by atomic mass is 19.3. The van der Waals surface area contributed by atoms with Gasteiger partial charge < -0.3 is 9.84 Å². The van der Waals surface area contributed by atoms with Gasteiger partial charge in [-0.2, -0.15) is 10.1 Å². The molecule has 0 bridgehead atoms. The molecule has 0 radical (unpaired) electrons. The van der Waals surface area contributed by atoms with E-state index in [0.717, 1.165) is 10.8 Å². The first-order valence-electron chi connectivity index (χ1n) is 9.69. The van der Waals surface area contributed by atoms with Crippen molar-refractivity contribution < 1.29 is 32.2 Å². The van der Waals surface area contributed by atoms with Gasteiger partial charge in [-0.05, 0) is 40.6 Å². The zero-order valence-electron chi connectivity index (χ0n) is 16.6. The number of fused-ring (bicyclic) bond motifs is 1. The summed E-state index contributed by atoms with van der Waals surface area (Å²) in [5.74, 6) is -0.519. The fourth-order valence-corrected chi connectivity index (χ4v) is 3.44. The molecule has 0 spiro atoms. The van der Waals surface area contributed by atoms with Crippen LogP contribution in [-0.4, -0.2) is 40.3 Å². The highest BCUT2D eigenvalue weighted by Crippen LogP contribution is 2.34. The average Bonchev–Trinajstić information content (AvgIpc) is 3.16. The molecule has 0 unspecified atom stereocenters. The van der Waals surface area contributed by atoms with Gasteiger partial charge in [0.25, 0.3) is 18.8 Å². The molecule has 1 aliphatic rings. The Labute approximate surface area is 180 Å². The van der Waals surface area contributed by atoms with Crippen LogP contribution in [0.3, 0.4) is 0 Å². The Morgan fingerprint density at radius 3 is 2.50 bits per heavy atom. The van der Waals surface area contributed by atoms with Crippen LogP contribution in [-0.2, 0) is 6.61 Å². The van der Waals surface area contributed by atoms with E-state index in [1.165, 1.54) is 18.2 Å². The molecule has 3 aromatic carbocycles.